The molecule has 0 N–H and O–H groups in total. The normalized spacial score (nSPS) is 11.7. The standard InChI is InChI=1S/C12H10F3N/c13-12(14,15)11-5-3-10(4-6-11)9-16-7-1-2-8-16/h1-8H,9H2. The van der Waals surface area contributed by atoms with Crippen molar-refractivity contribution in [2.75, 3.05) is 0 Å². The highest BCUT2D eigenvalue weighted by Crippen LogP contribution is 2.29. The van der Waals surface area contributed by atoms with Crippen molar-refractivity contribution in [2.24, 2.45) is 0 Å². The summed E-state index contributed by atoms with van der Waals surface area (Å²) in [7, 11) is 0. The number of hydrogen-bond donors (Lipinski definition) is 0. The van der Waals surface area contributed by atoms with Crippen LogP contribution in [0.15, 0.2) is 48.8 Å². The zero-order chi connectivity index (χ0) is 11.6. The van der Waals surface area contributed by atoms with Crippen molar-refractivity contribution in [1.82, 2.24) is 4.57 Å². The van der Waals surface area contributed by atoms with E-state index in [0.29, 0.717) is 6.54 Å². The highest BCUT2D eigenvalue weighted by molar-refractivity contribution is 5.24. The molecular formula is C12H10F3N. The molecule has 0 amide bonds. The molecule has 0 aliphatic carbocycles. The largest absolute Gasteiger partial charge is 0.416 e. The first-order valence-electron chi connectivity index (χ1n) is 4.82. The molecule has 84 valence electrons. The third kappa shape index (κ3) is 2.45. The molecule has 0 bridgehead atoms. The van der Waals surface area contributed by atoms with Crippen LogP contribution in [0, 0.1) is 0 Å². The Bertz CT molecular complexity index is 440. The predicted molar refractivity (Wildman–Crippen MR) is 55.0 cm³/mol. The molecule has 0 atom stereocenters. The minimum Gasteiger partial charge on any atom is -0.350 e. The van der Waals surface area contributed by atoms with Gasteiger partial charge >= 0.3 is 6.18 Å². The predicted octanol–water partition coefficient (Wildman–Crippen LogP) is 3.56. The number of alkyl halides is 3. The highest BCUT2D eigenvalue weighted by atomic mass is 19.4. The molecule has 1 aromatic carbocycles. The van der Waals surface area contributed by atoms with Crippen LogP contribution in [-0.4, -0.2) is 4.57 Å². The monoisotopic (exact) mass is 225 g/mol. The Labute approximate surface area is 91.1 Å². The number of nitrogens with zero attached hydrogens (tertiary/aromatic N) is 1. The average molecular weight is 225 g/mol. The maximum atomic E-state index is 12.3. The molecule has 0 unspecified atom stereocenters. The van der Waals surface area contributed by atoms with E-state index in [-0.39, 0.29) is 0 Å². The molecule has 0 radical (unpaired) electrons. The van der Waals surface area contributed by atoms with Crippen LogP contribution in [0.4, 0.5) is 13.2 Å². The van der Waals surface area contributed by atoms with Gasteiger partial charge in [-0.1, -0.05) is 12.1 Å². The third-order valence-corrected chi connectivity index (χ3v) is 2.31. The van der Waals surface area contributed by atoms with E-state index in [2.05, 4.69) is 0 Å². The number of aromatic nitrogens is 1. The van der Waals surface area contributed by atoms with Gasteiger partial charge in [0.1, 0.15) is 0 Å². The Kier molecular flexibility index (Phi) is 2.73. The maximum absolute atomic E-state index is 12.3. The van der Waals surface area contributed by atoms with Gasteiger partial charge in [-0.2, -0.15) is 13.2 Å². The average Bonchev–Trinajstić information content (AvgIpc) is 2.70. The van der Waals surface area contributed by atoms with Gasteiger partial charge in [-0.25, -0.2) is 0 Å². The first-order chi connectivity index (χ1) is 7.55. The zero-order valence-electron chi connectivity index (χ0n) is 8.41. The second kappa shape index (κ2) is 4.04. The van der Waals surface area contributed by atoms with Gasteiger partial charge in [0.15, 0.2) is 0 Å². The highest BCUT2D eigenvalue weighted by Gasteiger charge is 2.29. The molecule has 0 fully saturated rings. The number of rotatable bonds is 2. The third-order valence-electron chi connectivity index (χ3n) is 2.31. The Hall–Kier alpha value is -1.71. The summed E-state index contributed by atoms with van der Waals surface area (Å²) in [6.07, 6.45) is -0.513. The van der Waals surface area contributed by atoms with E-state index in [0.717, 1.165) is 17.7 Å². The minimum atomic E-state index is -4.26. The van der Waals surface area contributed by atoms with Crippen LogP contribution in [0.2, 0.25) is 0 Å². The van der Waals surface area contributed by atoms with Crippen molar-refractivity contribution in [3.05, 3.63) is 59.9 Å². The van der Waals surface area contributed by atoms with E-state index in [4.69, 9.17) is 0 Å². The topological polar surface area (TPSA) is 4.93 Å². The number of halogens is 3. The van der Waals surface area contributed by atoms with Gasteiger partial charge in [0.2, 0.25) is 0 Å². The van der Waals surface area contributed by atoms with Gasteiger partial charge in [0.05, 0.1) is 5.56 Å². The smallest absolute Gasteiger partial charge is 0.350 e. The lowest BCUT2D eigenvalue weighted by Gasteiger charge is -2.08. The fraction of sp³-hybridized carbons (Fsp3) is 0.167. The van der Waals surface area contributed by atoms with E-state index < -0.39 is 11.7 Å². The SMILES string of the molecule is FC(F)(F)c1ccc(Cn2cccc2)cc1. The summed E-state index contributed by atoms with van der Waals surface area (Å²) in [6.45, 7) is 0.588. The molecule has 0 aliphatic rings. The first-order valence-corrected chi connectivity index (χ1v) is 4.82. The molecule has 2 rings (SSSR count). The molecule has 4 heteroatoms. The van der Waals surface area contributed by atoms with E-state index in [1.807, 2.05) is 29.1 Å². The van der Waals surface area contributed by atoms with Crippen LogP contribution < -0.4 is 0 Å². The van der Waals surface area contributed by atoms with Gasteiger partial charge in [0, 0.05) is 18.9 Å². The van der Waals surface area contributed by atoms with Gasteiger partial charge in [0.25, 0.3) is 0 Å². The molecule has 0 saturated heterocycles. The molecule has 1 heterocycles. The Morgan fingerprint density at radius 3 is 2.00 bits per heavy atom. The van der Waals surface area contributed by atoms with Crippen molar-refractivity contribution in [3.63, 3.8) is 0 Å². The fourth-order valence-corrected chi connectivity index (χ4v) is 1.49. The number of benzene rings is 1. The van der Waals surface area contributed by atoms with Gasteiger partial charge in [-0.15, -0.1) is 0 Å². The summed E-state index contributed by atoms with van der Waals surface area (Å²) < 4.78 is 38.8. The fourth-order valence-electron chi connectivity index (χ4n) is 1.49. The molecular weight excluding hydrogens is 215 g/mol. The van der Waals surface area contributed by atoms with Crippen LogP contribution in [0.25, 0.3) is 0 Å². The van der Waals surface area contributed by atoms with Gasteiger partial charge in [-0.3, -0.25) is 0 Å². The minimum absolute atomic E-state index is 0.588. The quantitative estimate of drug-likeness (QED) is 0.736. The Morgan fingerprint density at radius 2 is 1.50 bits per heavy atom. The van der Waals surface area contributed by atoms with Crippen molar-refractivity contribution in [3.8, 4) is 0 Å². The summed E-state index contributed by atoms with van der Waals surface area (Å²) >= 11 is 0. The lowest BCUT2D eigenvalue weighted by atomic mass is 10.1. The lowest BCUT2D eigenvalue weighted by molar-refractivity contribution is -0.137. The van der Waals surface area contributed by atoms with Crippen molar-refractivity contribution in [2.45, 2.75) is 12.7 Å². The lowest BCUT2D eigenvalue weighted by Crippen LogP contribution is -2.05. The second-order valence-electron chi connectivity index (χ2n) is 3.55. The molecule has 1 aromatic heterocycles. The van der Waals surface area contributed by atoms with Crippen LogP contribution in [0.5, 0.6) is 0 Å². The molecule has 2 aromatic rings. The van der Waals surface area contributed by atoms with Crippen molar-refractivity contribution in [1.29, 1.82) is 0 Å². The van der Waals surface area contributed by atoms with Gasteiger partial charge in [-0.05, 0) is 29.8 Å². The number of hydrogen-bond acceptors (Lipinski definition) is 0. The molecule has 1 nitrogen and oxygen atoms in total. The van der Waals surface area contributed by atoms with E-state index in [1.165, 1.54) is 12.1 Å². The summed E-state index contributed by atoms with van der Waals surface area (Å²) in [5.74, 6) is 0. The summed E-state index contributed by atoms with van der Waals surface area (Å²) in [6, 6.07) is 8.98. The van der Waals surface area contributed by atoms with E-state index in [1.54, 1.807) is 0 Å². The first kappa shape index (κ1) is 10.8. The second-order valence-corrected chi connectivity index (χ2v) is 3.55. The van der Waals surface area contributed by atoms with Crippen LogP contribution >= 0.6 is 0 Å². The van der Waals surface area contributed by atoms with Crippen LogP contribution in [0.3, 0.4) is 0 Å². The summed E-state index contributed by atoms with van der Waals surface area (Å²) in [5, 5.41) is 0. The van der Waals surface area contributed by atoms with Crippen molar-refractivity contribution < 1.29 is 13.2 Å². The van der Waals surface area contributed by atoms with Crippen LogP contribution in [0.1, 0.15) is 11.1 Å². The maximum Gasteiger partial charge on any atom is 0.416 e. The zero-order valence-corrected chi connectivity index (χ0v) is 8.41. The molecule has 0 saturated carbocycles. The molecule has 0 spiro atoms. The Morgan fingerprint density at radius 1 is 0.938 bits per heavy atom. The van der Waals surface area contributed by atoms with Crippen LogP contribution in [-0.2, 0) is 12.7 Å². The summed E-state index contributed by atoms with van der Waals surface area (Å²) in [5.41, 5.74) is 0.243. The molecule has 16 heavy (non-hydrogen) atoms. The molecule has 0 aliphatic heterocycles. The Balaban J connectivity index is 2.14. The summed E-state index contributed by atoms with van der Waals surface area (Å²) in [4.78, 5) is 0. The van der Waals surface area contributed by atoms with Gasteiger partial charge < -0.3 is 4.57 Å². The van der Waals surface area contributed by atoms with E-state index in [9.17, 15) is 13.2 Å². The van der Waals surface area contributed by atoms with Crippen molar-refractivity contribution >= 4 is 0 Å². The van der Waals surface area contributed by atoms with E-state index >= 15 is 0 Å².